The summed E-state index contributed by atoms with van der Waals surface area (Å²) in [7, 11) is 1.65. The van der Waals surface area contributed by atoms with Crippen molar-refractivity contribution in [3.63, 3.8) is 0 Å². The van der Waals surface area contributed by atoms with Gasteiger partial charge in [-0.2, -0.15) is 5.26 Å². The molecule has 0 bridgehead atoms. The maximum atomic E-state index is 13.8. The first-order valence-corrected chi connectivity index (χ1v) is 7.67. The van der Waals surface area contributed by atoms with Crippen LogP contribution in [0.1, 0.15) is 23.9 Å². The minimum Gasteiger partial charge on any atom is -0.355 e. The van der Waals surface area contributed by atoms with E-state index < -0.39 is 0 Å². The van der Waals surface area contributed by atoms with Gasteiger partial charge in [0.25, 0.3) is 0 Å². The number of aryl methyl sites for hydroxylation is 1. The van der Waals surface area contributed by atoms with E-state index in [0.29, 0.717) is 30.2 Å². The third kappa shape index (κ3) is 4.52. The lowest BCUT2D eigenvalue weighted by Crippen LogP contribution is -2.38. The Bertz CT molecular complexity index is 745. The van der Waals surface area contributed by atoms with Gasteiger partial charge in [0.2, 0.25) is 0 Å². The number of aliphatic imine (C=N–C) groups is 1. The van der Waals surface area contributed by atoms with Crippen molar-refractivity contribution in [2.24, 2.45) is 4.99 Å². The Labute approximate surface area is 140 Å². The van der Waals surface area contributed by atoms with Crippen LogP contribution >= 0.6 is 0 Å². The fourth-order valence-electron chi connectivity index (χ4n) is 2.21. The molecule has 0 aliphatic rings. The summed E-state index contributed by atoms with van der Waals surface area (Å²) in [6.45, 7) is 3.60. The van der Waals surface area contributed by atoms with Crippen molar-refractivity contribution in [2.75, 3.05) is 13.6 Å². The summed E-state index contributed by atoms with van der Waals surface area (Å²) >= 11 is 0. The van der Waals surface area contributed by atoms with Crippen LogP contribution in [0, 0.1) is 17.1 Å². The molecule has 0 fully saturated rings. The molecule has 2 rings (SSSR count). The molecule has 24 heavy (non-hydrogen) atoms. The van der Waals surface area contributed by atoms with Crippen molar-refractivity contribution < 1.29 is 4.39 Å². The summed E-state index contributed by atoms with van der Waals surface area (Å²) in [6.07, 6.45) is 2.51. The lowest BCUT2D eigenvalue weighted by Gasteiger charge is -2.13. The average Bonchev–Trinajstić information content (AvgIpc) is 3.06. The highest BCUT2D eigenvalue weighted by Crippen LogP contribution is 2.09. The van der Waals surface area contributed by atoms with Gasteiger partial charge >= 0.3 is 0 Å². The SMILES string of the molecule is CCc1nncn1CCNC(=NC)NCc1cc(C#N)ccc1F. The average molecular weight is 329 g/mol. The number of rotatable bonds is 6. The van der Waals surface area contributed by atoms with Gasteiger partial charge in [-0.25, -0.2) is 4.39 Å². The first-order chi connectivity index (χ1) is 11.7. The standard InChI is InChI=1S/C16H20FN7/c1-3-15-23-22-11-24(15)7-6-20-16(19-2)21-10-13-8-12(9-18)4-5-14(13)17/h4-5,8,11H,3,6-7,10H2,1-2H3,(H2,19,20,21). The van der Waals surface area contributed by atoms with Gasteiger partial charge in [0.15, 0.2) is 5.96 Å². The molecule has 0 amide bonds. The molecule has 8 heteroatoms. The molecule has 0 unspecified atom stereocenters. The van der Waals surface area contributed by atoms with E-state index in [-0.39, 0.29) is 12.4 Å². The summed E-state index contributed by atoms with van der Waals surface area (Å²) in [4.78, 5) is 4.10. The van der Waals surface area contributed by atoms with E-state index in [9.17, 15) is 4.39 Å². The van der Waals surface area contributed by atoms with Gasteiger partial charge < -0.3 is 15.2 Å². The summed E-state index contributed by atoms with van der Waals surface area (Å²) in [5.41, 5.74) is 0.847. The fraction of sp³-hybridized carbons (Fsp3) is 0.375. The van der Waals surface area contributed by atoms with Crippen LogP contribution in [0.3, 0.4) is 0 Å². The van der Waals surface area contributed by atoms with Crippen LogP contribution < -0.4 is 10.6 Å². The molecule has 0 atom stereocenters. The monoisotopic (exact) mass is 329 g/mol. The maximum Gasteiger partial charge on any atom is 0.191 e. The number of guanidine groups is 1. The molecule has 0 aliphatic heterocycles. The summed E-state index contributed by atoms with van der Waals surface area (Å²) < 4.78 is 15.7. The molecule has 2 aromatic rings. The molecule has 0 aliphatic carbocycles. The van der Waals surface area contributed by atoms with Gasteiger partial charge in [0.1, 0.15) is 18.0 Å². The Morgan fingerprint density at radius 1 is 1.42 bits per heavy atom. The van der Waals surface area contributed by atoms with E-state index in [1.54, 1.807) is 13.4 Å². The number of aromatic nitrogens is 3. The highest BCUT2D eigenvalue weighted by molar-refractivity contribution is 5.79. The molecule has 1 heterocycles. The van der Waals surface area contributed by atoms with E-state index in [4.69, 9.17) is 5.26 Å². The van der Waals surface area contributed by atoms with Crippen LogP contribution in [0.5, 0.6) is 0 Å². The first kappa shape index (κ1) is 17.4. The smallest absolute Gasteiger partial charge is 0.191 e. The van der Waals surface area contributed by atoms with Crippen molar-refractivity contribution in [2.45, 2.75) is 26.4 Å². The first-order valence-electron chi connectivity index (χ1n) is 7.67. The van der Waals surface area contributed by atoms with Crippen LogP contribution in [0.2, 0.25) is 0 Å². The predicted molar refractivity (Wildman–Crippen MR) is 88.7 cm³/mol. The van der Waals surface area contributed by atoms with Crippen LogP contribution in [0.4, 0.5) is 4.39 Å². The van der Waals surface area contributed by atoms with E-state index in [1.807, 2.05) is 17.6 Å². The number of nitrogens with one attached hydrogen (secondary N) is 2. The zero-order chi connectivity index (χ0) is 17.4. The zero-order valence-electron chi connectivity index (χ0n) is 13.8. The molecule has 1 aromatic heterocycles. The third-order valence-corrected chi connectivity index (χ3v) is 3.50. The topological polar surface area (TPSA) is 90.9 Å². The molecule has 126 valence electrons. The molecule has 0 spiro atoms. The lowest BCUT2D eigenvalue weighted by molar-refractivity contribution is 0.601. The molecule has 0 radical (unpaired) electrons. The van der Waals surface area contributed by atoms with Gasteiger partial charge in [-0.1, -0.05) is 6.92 Å². The van der Waals surface area contributed by atoms with Crippen LogP contribution in [-0.4, -0.2) is 34.3 Å². The second kappa shape index (κ2) is 8.62. The van der Waals surface area contributed by atoms with Gasteiger partial charge in [-0.15, -0.1) is 10.2 Å². The van der Waals surface area contributed by atoms with Crippen molar-refractivity contribution in [3.05, 3.63) is 47.3 Å². The number of hydrogen-bond acceptors (Lipinski definition) is 4. The van der Waals surface area contributed by atoms with Crippen molar-refractivity contribution in [3.8, 4) is 6.07 Å². The second-order valence-electron chi connectivity index (χ2n) is 5.06. The van der Waals surface area contributed by atoms with E-state index in [0.717, 1.165) is 12.2 Å². The van der Waals surface area contributed by atoms with Crippen molar-refractivity contribution in [1.82, 2.24) is 25.4 Å². The summed E-state index contributed by atoms with van der Waals surface area (Å²) in [5.74, 6) is 1.13. The summed E-state index contributed by atoms with van der Waals surface area (Å²) in [6, 6.07) is 6.28. The minimum atomic E-state index is -0.353. The molecule has 7 nitrogen and oxygen atoms in total. The maximum absolute atomic E-state index is 13.8. The quantitative estimate of drug-likeness (QED) is 0.614. The third-order valence-electron chi connectivity index (χ3n) is 3.50. The minimum absolute atomic E-state index is 0.244. The Morgan fingerprint density at radius 2 is 2.25 bits per heavy atom. The highest BCUT2D eigenvalue weighted by Gasteiger charge is 2.06. The van der Waals surface area contributed by atoms with Gasteiger partial charge in [0.05, 0.1) is 11.6 Å². The normalized spacial score (nSPS) is 11.2. The van der Waals surface area contributed by atoms with Gasteiger partial charge in [0, 0.05) is 38.7 Å². The lowest BCUT2D eigenvalue weighted by atomic mass is 10.1. The Hall–Kier alpha value is -2.95. The Morgan fingerprint density at radius 3 is 2.96 bits per heavy atom. The number of nitriles is 1. The van der Waals surface area contributed by atoms with E-state index in [1.165, 1.54) is 18.2 Å². The Kier molecular flexibility index (Phi) is 6.25. The number of benzene rings is 1. The molecule has 0 saturated carbocycles. The molecule has 0 saturated heterocycles. The van der Waals surface area contributed by atoms with Crippen LogP contribution in [0.15, 0.2) is 29.5 Å². The number of nitrogens with zero attached hydrogens (tertiary/aromatic N) is 5. The van der Waals surface area contributed by atoms with E-state index in [2.05, 4.69) is 25.8 Å². The largest absolute Gasteiger partial charge is 0.355 e. The number of halogens is 1. The molecular weight excluding hydrogens is 309 g/mol. The predicted octanol–water partition coefficient (Wildman–Crippen LogP) is 1.22. The number of hydrogen-bond donors (Lipinski definition) is 2. The highest BCUT2D eigenvalue weighted by atomic mass is 19.1. The van der Waals surface area contributed by atoms with Crippen LogP contribution in [-0.2, 0) is 19.5 Å². The van der Waals surface area contributed by atoms with Gasteiger partial charge in [-0.3, -0.25) is 4.99 Å². The second-order valence-corrected chi connectivity index (χ2v) is 5.06. The van der Waals surface area contributed by atoms with Gasteiger partial charge in [-0.05, 0) is 18.2 Å². The molecule has 1 aromatic carbocycles. The van der Waals surface area contributed by atoms with Crippen LogP contribution in [0.25, 0.3) is 0 Å². The summed E-state index contributed by atoms with van der Waals surface area (Å²) in [5, 5.41) is 23.0. The molecular formula is C16H20FN7. The Balaban J connectivity index is 1.86. The fourth-order valence-corrected chi connectivity index (χ4v) is 2.21. The zero-order valence-corrected chi connectivity index (χ0v) is 13.8. The van der Waals surface area contributed by atoms with Crippen molar-refractivity contribution in [1.29, 1.82) is 5.26 Å². The molecule has 2 N–H and O–H groups in total. The van der Waals surface area contributed by atoms with Crippen molar-refractivity contribution >= 4 is 5.96 Å². The van der Waals surface area contributed by atoms with E-state index >= 15 is 0 Å².